The fourth-order valence-electron chi connectivity index (χ4n) is 1.22. The highest BCUT2D eigenvalue weighted by Gasteiger charge is 1.99. The predicted octanol–water partition coefficient (Wildman–Crippen LogP) is 4.81. The smallest absolute Gasteiger partial charge is 0.0196 e. The SMILES string of the molecule is SCCSCCSCCSCCSCCSCC(S)CS. The average Bonchev–Trinajstić information content (AvgIpc) is 2.50. The second-order valence-corrected chi connectivity index (χ2v) is 11.7. The lowest BCUT2D eigenvalue weighted by Crippen LogP contribution is -2.04. The largest absolute Gasteiger partial charge is 0.179 e. The first kappa shape index (κ1) is 23.8. The van der Waals surface area contributed by atoms with Crippen LogP contribution in [0.3, 0.4) is 0 Å². The van der Waals surface area contributed by atoms with E-state index in [1.54, 1.807) is 0 Å². The topological polar surface area (TPSA) is 0 Å². The van der Waals surface area contributed by atoms with Crippen LogP contribution in [-0.2, 0) is 0 Å². The Bertz CT molecular complexity index is 193. The summed E-state index contributed by atoms with van der Waals surface area (Å²) in [6.45, 7) is 0. The van der Waals surface area contributed by atoms with Crippen molar-refractivity contribution >= 4 is 96.7 Å². The van der Waals surface area contributed by atoms with Crippen LogP contribution in [0.4, 0.5) is 0 Å². The molecule has 0 spiro atoms. The number of thioether (sulfide) groups is 5. The van der Waals surface area contributed by atoms with Crippen LogP contribution in [-0.4, -0.2) is 74.3 Å². The van der Waals surface area contributed by atoms with Gasteiger partial charge in [0.05, 0.1) is 0 Å². The second-order valence-electron chi connectivity index (χ2n) is 4.08. The summed E-state index contributed by atoms with van der Waals surface area (Å²) >= 11 is 23.2. The molecule has 0 saturated heterocycles. The van der Waals surface area contributed by atoms with Crippen LogP contribution in [0.25, 0.3) is 0 Å². The van der Waals surface area contributed by atoms with Crippen LogP contribution in [0.2, 0.25) is 0 Å². The normalized spacial score (nSPS) is 12.7. The predicted molar refractivity (Wildman–Crippen MR) is 127 cm³/mol. The van der Waals surface area contributed by atoms with Gasteiger partial charge in [-0.3, -0.25) is 0 Å². The van der Waals surface area contributed by atoms with Crippen molar-refractivity contribution in [1.82, 2.24) is 0 Å². The standard InChI is InChI=1S/C13H28S8/c14-1-2-17-3-4-18-5-6-19-7-8-20-9-10-21-12-13(16)11-15/h13-16H,1-12H2. The van der Waals surface area contributed by atoms with Crippen LogP contribution in [0.5, 0.6) is 0 Å². The number of hydrogen-bond donors (Lipinski definition) is 3. The Kier molecular flexibility index (Phi) is 23.6. The lowest BCUT2D eigenvalue weighted by atomic mass is 10.6. The quantitative estimate of drug-likeness (QED) is 0.219. The molecular formula is C13H28S8. The van der Waals surface area contributed by atoms with Gasteiger partial charge < -0.3 is 0 Å². The van der Waals surface area contributed by atoms with Gasteiger partial charge in [-0.15, -0.1) is 0 Å². The monoisotopic (exact) mass is 440 g/mol. The first-order chi connectivity index (χ1) is 10.3. The molecule has 0 rings (SSSR count). The molecule has 1 atom stereocenters. The van der Waals surface area contributed by atoms with E-state index in [0.717, 1.165) is 17.3 Å². The Morgan fingerprint density at radius 3 is 1.33 bits per heavy atom. The van der Waals surface area contributed by atoms with E-state index in [0.29, 0.717) is 5.25 Å². The lowest BCUT2D eigenvalue weighted by molar-refractivity contribution is 1.16. The van der Waals surface area contributed by atoms with E-state index in [1.165, 1.54) is 51.8 Å². The van der Waals surface area contributed by atoms with Crippen molar-refractivity contribution < 1.29 is 0 Å². The van der Waals surface area contributed by atoms with Crippen LogP contribution >= 0.6 is 96.7 Å². The molecule has 0 fully saturated rings. The molecule has 0 radical (unpaired) electrons. The molecule has 0 bridgehead atoms. The van der Waals surface area contributed by atoms with Gasteiger partial charge in [-0.1, -0.05) is 0 Å². The molecule has 0 aromatic carbocycles. The van der Waals surface area contributed by atoms with E-state index < -0.39 is 0 Å². The Morgan fingerprint density at radius 1 is 0.571 bits per heavy atom. The van der Waals surface area contributed by atoms with Crippen molar-refractivity contribution in [3.63, 3.8) is 0 Å². The zero-order chi connectivity index (χ0) is 15.6. The van der Waals surface area contributed by atoms with Gasteiger partial charge in [0.2, 0.25) is 0 Å². The van der Waals surface area contributed by atoms with Gasteiger partial charge in [0.25, 0.3) is 0 Å². The first-order valence-electron chi connectivity index (χ1n) is 7.09. The molecule has 0 saturated carbocycles. The second kappa shape index (κ2) is 20.8. The van der Waals surface area contributed by atoms with Crippen LogP contribution in [0, 0.1) is 0 Å². The molecule has 128 valence electrons. The highest BCUT2D eigenvalue weighted by molar-refractivity contribution is 8.06. The minimum atomic E-state index is 0.452. The van der Waals surface area contributed by atoms with Crippen LogP contribution in [0.1, 0.15) is 0 Å². The third-order valence-electron chi connectivity index (χ3n) is 2.24. The van der Waals surface area contributed by atoms with Gasteiger partial charge in [0.15, 0.2) is 0 Å². The highest BCUT2D eigenvalue weighted by Crippen LogP contribution is 2.14. The van der Waals surface area contributed by atoms with E-state index in [-0.39, 0.29) is 0 Å². The summed E-state index contributed by atoms with van der Waals surface area (Å²) in [5.74, 6) is 14.5. The van der Waals surface area contributed by atoms with E-state index in [4.69, 9.17) is 0 Å². The van der Waals surface area contributed by atoms with Crippen molar-refractivity contribution in [3.8, 4) is 0 Å². The van der Waals surface area contributed by atoms with Crippen molar-refractivity contribution in [1.29, 1.82) is 0 Å². The van der Waals surface area contributed by atoms with Crippen molar-refractivity contribution in [2.45, 2.75) is 5.25 Å². The molecule has 8 heteroatoms. The number of thiol groups is 3. The molecule has 21 heavy (non-hydrogen) atoms. The number of rotatable bonds is 17. The van der Waals surface area contributed by atoms with Crippen LogP contribution < -0.4 is 0 Å². The molecule has 0 nitrogen and oxygen atoms in total. The minimum Gasteiger partial charge on any atom is -0.179 e. The van der Waals surface area contributed by atoms with Gasteiger partial charge in [0.1, 0.15) is 0 Å². The van der Waals surface area contributed by atoms with E-state index in [1.807, 2.05) is 23.5 Å². The molecule has 0 aliphatic heterocycles. The molecular weight excluding hydrogens is 413 g/mol. The van der Waals surface area contributed by atoms with E-state index in [9.17, 15) is 0 Å². The van der Waals surface area contributed by atoms with E-state index >= 15 is 0 Å². The van der Waals surface area contributed by atoms with Gasteiger partial charge >= 0.3 is 0 Å². The summed E-state index contributed by atoms with van der Waals surface area (Å²) in [7, 11) is 0. The van der Waals surface area contributed by atoms with Gasteiger partial charge in [-0.2, -0.15) is 96.7 Å². The third-order valence-corrected chi connectivity index (χ3v) is 10.2. The zero-order valence-electron chi connectivity index (χ0n) is 12.4. The molecule has 0 aromatic rings. The maximum Gasteiger partial charge on any atom is 0.0196 e. The van der Waals surface area contributed by atoms with Crippen molar-refractivity contribution in [2.24, 2.45) is 0 Å². The summed E-state index contributed by atoms with van der Waals surface area (Å²) in [6.07, 6.45) is 0. The van der Waals surface area contributed by atoms with Crippen molar-refractivity contribution in [2.75, 3.05) is 69.0 Å². The van der Waals surface area contributed by atoms with E-state index in [2.05, 4.69) is 73.2 Å². The first-order valence-corrected chi connectivity index (χ1v) is 14.6. The summed E-state index contributed by atoms with van der Waals surface area (Å²) in [4.78, 5) is 0. The molecule has 1 unspecified atom stereocenters. The van der Waals surface area contributed by atoms with Crippen molar-refractivity contribution in [3.05, 3.63) is 0 Å². The summed E-state index contributed by atoms with van der Waals surface area (Å²) in [5.41, 5.74) is 0. The maximum absolute atomic E-state index is 4.44. The molecule has 0 aliphatic rings. The maximum atomic E-state index is 4.44. The lowest BCUT2D eigenvalue weighted by Gasteiger charge is -2.06. The zero-order valence-corrected chi connectivity index (χ0v) is 19.2. The Balaban J connectivity index is 2.96. The number of hydrogen-bond acceptors (Lipinski definition) is 8. The molecule has 0 N–H and O–H groups in total. The van der Waals surface area contributed by atoms with Gasteiger partial charge in [-0.25, -0.2) is 0 Å². The van der Waals surface area contributed by atoms with Gasteiger partial charge in [0, 0.05) is 68.5 Å². The summed E-state index contributed by atoms with van der Waals surface area (Å²) in [6, 6.07) is 0. The fourth-order valence-corrected chi connectivity index (χ4v) is 7.50. The fraction of sp³-hybridized carbons (Fsp3) is 1.00. The van der Waals surface area contributed by atoms with Crippen LogP contribution in [0.15, 0.2) is 0 Å². The molecule has 0 heterocycles. The Labute approximate surface area is 169 Å². The summed E-state index contributed by atoms with van der Waals surface area (Å²) in [5, 5.41) is 0.452. The Hall–Kier alpha value is 2.80. The third kappa shape index (κ3) is 20.8. The summed E-state index contributed by atoms with van der Waals surface area (Å²) < 4.78 is 0. The van der Waals surface area contributed by atoms with Gasteiger partial charge in [-0.05, 0) is 5.75 Å². The molecule has 0 amide bonds. The Morgan fingerprint density at radius 2 is 0.952 bits per heavy atom. The molecule has 0 aromatic heterocycles. The minimum absolute atomic E-state index is 0.452. The highest BCUT2D eigenvalue weighted by atomic mass is 32.2. The average molecular weight is 441 g/mol. The molecule has 0 aliphatic carbocycles.